The van der Waals surface area contributed by atoms with Crippen molar-refractivity contribution >= 4 is 17.5 Å². The lowest BCUT2D eigenvalue weighted by Crippen LogP contribution is -2.39. The highest BCUT2D eigenvalue weighted by molar-refractivity contribution is 6.30. The first-order chi connectivity index (χ1) is 11.5. The zero-order chi connectivity index (χ0) is 17.1. The highest BCUT2D eigenvalue weighted by Gasteiger charge is 2.28. The molecule has 1 aromatic carbocycles. The Bertz CT molecular complexity index is 692. The predicted molar refractivity (Wildman–Crippen MR) is 94.0 cm³/mol. The average molecular weight is 345 g/mol. The molecular weight excluding hydrogens is 324 g/mol. The molecule has 1 atom stereocenters. The molecule has 0 aliphatic carbocycles. The Hall–Kier alpha value is -1.91. The summed E-state index contributed by atoms with van der Waals surface area (Å²) < 4.78 is 0. The average Bonchev–Trinajstić information content (AvgIpc) is 2.62. The smallest absolute Gasteiger partial charge is 0.255 e. The molecule has 2 heterocycles. The number of halogens is 1. The molecule has 0 unspecified atom stereocenters. The van der Waals surface area contributed by atoms with Gasteiger partial charge in [-0.15, -0.1) is 0 Å². The number of nitrogens with zero attached hydrogens (tertiary/aromatic N) is 2. The zero-order valence-electron chi connectivity index (χ0n) is 13.7. The summed E-state index contributed by atoms with van der Waals surface area (Å²) in [5.74, 6) is 0.174. The van der Waals surface area contributed by atoms with Gasteiger partial charge in [-0.1, -0.05) is 23.7 Å². The molecule has 1 aromatic heterocycles. The Morgan fingerprint density at radius 1 is 1.21 bits per heavy atom. The van der Waals surface area contributed by atoms with E-state index in [1.807, 2.05) is 36.1 Å². The number of aliphatic hydroxyl groups is 1. The number of carbonyl (C=O) groups excluding carboxylic acids is 1. The number of likely N-dealkylation sites (tertiary alicyclic amines) is 1. The van der Waals surface area contributed by atoms with Crippen molar-refractivity contribution in [2.24, 2.45) is 5.92 Å². The van der Waals surface area contributed by atoms with Crippen molar-refractivity contribution in [1.82, 2.24) is 9.88 Å². The van der Waals surface area contributed by atoms with Crippen LogP contribution < -0.4 is 0 Å². The quantitative estimate of drug-likeness (QED) is 0.925. The van der Waals surface area contributed by atoms with Gasteiger partial charge in [0.2, 0.25) is 0 Å². The first kappa shape index (κ1) is 16.9. The summed E-state index contributed by atoms with van der Waals surface area (Å²) in [6.45, 7) is 3.21. The van der Waals surface area contributed by atoms with E-state index < -0.39 is 6.10 Å². The molecule has 1 aliphatic rings. The number of aryl methyl sites for hydroxylation is 1. The normalized spacial score (nSPS) is 16.9. The van der Waals surface area contributed by atoms with Crippen LogP contribution >= 0.6 is 11.6 Å². The van der Waals surface area contributed by atoms with Crippen LogP contribution in [0.1, 0.15) is 40.6 Å². The number of rotatable bonds is 3. The van der Waals surface area contributed by atoms with Crippen LogP contribution in [0.25, 0.3) is 0 Å². The van der Waals surface area contributed by atoms with Crippen LogP contribution in [-0.4, -0.2) is 34.0 Å². The Labute approximate surface area is 147 Å². The zero-order valence-corrected chi connectivity index (χ0v) is 14.4. The van der Waals surface area contributed by atoms with Crippen molar-refractivity contribution in [3.05, 3.63) is 64.4 Å². The molecule has 0 saturated carbocycles. The van der Waals surface area contributed by atoms with E-state index in [0.29, 0.717) is 23.7 Å². The van der Waals surface area contributed by atoms with E-state index in [9.17, 15) is 9.90 Å². The highest BCUT2D eigenvalue weighted by Crippen LogP contribution is 2.31. The third-order valence-corrected chi connectivity index (χ3v) is 4.90. The van der Waals surface area contributed by atoms with Crippen LogP contribution in [-0.2, 0) is 0 Å². The van der Waals surface area contributed by atoms with Gasteiger partial charge in [-0.3, -0.25) is 9.78 Å². The molecule has 1 aliphatic heterocycles. The number of aromatic nitrogens is 1. The van der Waals surface area contributed by atoms with E-state index in [-0.39, 0.29) is 11.8 Å². The van der Waals surface area contributed by atoms with Crippen molar-refractivity contribution in [1.29, 1.82) is 0 Å². The topological polar surface area (TPSA) is 53.4 Å². The molecule has 24 heavy (non-hydrogen) atoms. The minimum absolute atomic E-state index is 0.0157. The second kappa shape index (κ2) is 7.32. The molecule has 0 radical (unpaired) electrons. The first-order valence-corrected chi connectivity index (χ1v) is 8.58. The van der Waals surface area contributed by atoms with Gasteiger partial charge in [0.05, 0.1) is 11.7 Å². The molecule has 3 rings (SSSR count). The molecule has 0 bridgehead atoms. The van der Waals surface area contributed by atoms with Crippen LogP contribution in [0.2, 0.25) is 5.02 Å². The summed E-state index contributed by atoms with van der Waals surface area (Å²) in [6.07, 6.45) is 2.69. The number of benzene rings is 1. The van der Waals surface area contributed by atoms with Crippen LogP contribution in [0.3, 0.4) is 0 Å². The summed E-state index contributed by atoms with van der Waals surface area (Å²) in [6, 6.07) is 11.0. The van der Waals surface area contributed by atoms with Gasteiger partial charge in [0.1, 0.15) is 0 Å². The number of pyridine rings is 1. The molecule has 1 amide bonds. The maximum Gasteiger partial charge on any atom is 0.255 e. The van der Waals surface area contributed by atoms with Gasteiger partial charge in [-0.2, -0.15) is 0 Å². The van der Waals surface area contributed by atoms with Gasteiger partial charge >= 0.3 is 0 Å². The summed E-state index contributed by atoms with van der Waals surface area (Å²) in [5.41, 5.74) is 2.40. The fourth-order valence-electron chi connectivity index (χ4n) is 3.13. The molecule has 126 valence electrons. The summed E-state index contributed by atoms with van der Waals surface area (Å²) in [4.78, 5) is 18.5. The van der Waals surface area contributed by atoms with Gasteiger partial charge < -0.3 is 10.0 Å². The first-order valence-electron chi connectivity index (χ1n) is 8.20. The largest absolute Gasteiger partial charge is 0.388 e. The third kappa shape index (κ3) is 3.77. The maximum atomic E-state index is 12.5. The second-order valence-corrected chi connectivity index (χ2v) is 6.75. The van der Waals surface area contributed by atoms with Crippen LogP contribution in [0.15, 0.2) is 42.6 Å². The lowest BCUT2D eigenvalue weighted by Gasteiger charge is -2.34. The van der Waals surface area contributed by atoms with Crippen LogP contribution in [0, 0.1) is 12.8 Å². The maximum absolute atomic E-state index is 12.5. The Kier molecular flexibility index (Phi) is 5.17. The lowest BCUT2D eigenvalue weighted by molar-refractivity contribution is 0.0462. The van der Waals surface area contributed by atoms with E-state index in [1.165, 1.54) is 0 Å². The van der Waals surface area contributed by atoms with Crippen molar-refractivity contribution in [3.63, 3.8) is 0 Å². The van der Waals surface area contributed by atoms with Crippen molar-refractivity contribution in [2.75, 3.05) is 13.1 Å². The lowest BCUT2D eigenvalue weighted by atomic mass is 9.87. The SMILES string of the molecule is Cc1ccc(C(=O)N2CCC([C@H](O)c3ccc(Cl)cc3)CC2)cn1. The Morgan fingerprint density at radius 2 is 1.88 bits per heavy atom. The third-order valence-electron chi connectivity index (χ3n) is 4.64. The highest BCUT2D eigenvalue weighted by atomic mass is 35.5. The van der Waals surface area contributed by atoms with Crippen LogP contribution in [0.5, 0.6) is 0 Å². The minimum Gasteiger partial charge on any atom is -0.388 e. The Balaban J connectivity index is 1.60. The van der Waals surface area contributed by atoms with Crippen molar-refractivity contribution < 1.29 is 9.90 Å². The van der Waals surface area contributed by atoms with Gasteiger partial charge in [0.15, 0.2) is 0 Å². The van der Waals surface area contributed by atoms with Gasteiger partial charge in [0, 0.05) is 30.0 Å². The van der Waals surface area contributed by atoms with E-state index in [4.69, 9.17) is 11.6 Å². The molecule has 1 N–H and O–H groups in total. The summed E-state index contributed by atoms with van der Waals surface area (Å²) in [5, 5.41) is 11.2. The summed E-state index contributed by atoms with van der Waals surface area (Å²) >= 11 is 5.89. The molecule has 1 fully saturated rings. The monoisotopic (exact) mass is 344 g/mol. The number of amides is 1. The second-order valence-electron chi connectivity index (χ2n) is 6.31. The van der Waals surface area contributed by atoms with Gasteiger partial charge in [0.25, 0.3) is 5.91 Å². The molecule has 5 heteroatoms. The van der Waals surface area contributed by atoms with E-state index in [1.54, 1.807) is 18.3 Å². The molecule has 2 aromatic rings. The molecule has 1 saturated heterocycles. The molecule has 4 nitrogen and oxygen atoms in total. The van der Waals surface area contributed by atoms with Gasteiger partial charge in [-0.25, -0.2) is 0 Å². The van der Waals surface area contributed by atoms with Crippen molar-refractivity contribution in [2.45, 2.75) is 25.9 Å². The minimum atomic E-state index is -0.513. The summed E-state index contributed by atoms with van der Waals surface area (Å²) in [7, 11) is 0. The van der Waals surface area contributed by atoms with Crippen LogP contribution in [0.4, 0.5) is 0 Å². The number of hydrogen-bond donors (Lipinski definition) is 1. The fourth-order valence-corrected chi connectivity index (χ4v) is 3.25. The number of piperidine rings is 1. The number of hydrogen-bond acceptors (Lipinski definition) is 3. The number of carbonyl (C=O) groups is 1. The van der Waals surface area contributed by atoms with E-state index in [0.717, 1.165) is 24.1 Å². The standard InChI is InChI=1S/C19H21ClN2O2/c1-13-2-3-16(12-21-13)19(24)22-10-8-15(9-11-22)18(23)14-4-6-17(20)7-5-14/h2-7,12,15,18,23H,8-11H2,1H3/t18-/m1/s1. The van der Waals surface area contributed by atoms with Gasteiger partial charge in [-0.05, 0) is 55.5 Å². The van der Waals surface area contributed by atoms with Crippen molar-refractivity contribution in [3.8, 4) is 0 Å². The predicted octanol–water partition coefficient (Wildman–Crippen LogP) is 3.63. The van der Waals surface area contributed by atoms with E-state index in [2.05, 4.69) is 4.98 Å². The fraction of sp³-hybridized carbons (Fsp3) is 0.368. The number of aliphatic hydroxyl groups excluding tert-OH is 1. The molecule has 0 spiro atoms. The Morgan fingerprint density at radius 3 is 2.46 bits per heavy atom. The molecular formula is C19H21ClN2O2. The van der Waals surface area contributed by atoms with E-state index >= 15 is 0 Å².